The minimum atomic E-state index is 0.113. The fraction of sp³-hybridized carbons (Fsp3) is 0.267. The molecule has 172 valence electrons. The molecule has 1 saturated heterocycles. The van der Waals surface area contributed by atoms with Crippen LogP contribution in [0.4, 0.5) is 0 Å². The number of hydrogen-bond acceptors (Lipinski definition) is 3. The normalized spacial score (nSPS) is 14.5. The smallest absolute Gasteiger partial charge is 0.254 e. The minimum absolute atomic E-state index is 0.113. The molecule has 0 aliphatic carbocycles. The summed E-state index contributed by atoms with van der Waals surface area (Å²) < 4.78 is 0. The third-order valence-corrected chi connectivity index (χ3v) is 6.91. The summed E-state index contributed by atoms with van der Waals surface area (Å²) in [5.74, 6) is 0.113. The van der Waals surface area contributed by atoms with E-state index < -0.39 is 0 Å². The van der Waals surface area contributed by atoms with Crippen molar-refractivity contribution in [1.82, 2.24) is 14.8 Å². The van der Waals surface area contributed by atoms with Gasteiger partial charge in [0.25, 0.3) is 5.91 Å². The van der Waals surface area contributed by atoms with Crippen molar-refractivity contribution in [3.8, 4) is 11.3 Å². The summed E-state index contributed by atoms with van der Waals surface area (Å²) in [4.78, 5) is 23.4. The van der Waals surface area contributed by atoms with Gasteiger partial charge in [-0.1, -0.05) is 66.2 Å². The minimum Gasteiger partial charge on any atom is -0.336 e. The standard InChI is InChI=1S/C30H31N3O/c1-21-13-14-22(2)26(19-21)29-23(3)28(25-11-7-8-12-27(25)31-29)30(34)33-17-15-32(16-18-33)20-24-9-5-4-6-10-24/h4-14,19H,15-18,20H2,1-3H3. The highest BCUT2D eigenvalue weighted by molar-refractivity contribution is 6.09. The fourth-order valence-corrected chi connectivity index (χ4v) is 4.94. The van der Waals surface area contributed by atoms with Crippen molar-refractivity contribution in [2.75, 3.05) is 26.2 Å². The Morgan fingerprint density at radius 2 is 1.56 bits per heavy atom. The topological polar surface area (TPSA) is 36.4 Å². The molecule has 4 nitrogen and oxygen atoms in total. The zero-order chi connectivity index (χ0) is 23.7. The molecule has 1 amide bonds. The number of aromatic nitrogens is 1. The number of aryl methyl sites for hydroxylation is 2. The van der Waals surface area contributed by atoms with Gasteiger partial charge in [0.05, 0.1) is 16.8 Å². The van der Waals surface area contributed by atoms with E-state index >= 15 is 0 Å². The first-order valence-corrected chi connectivity index (χ1v) is 12.0. The summed E-state index contributed by atoms with van der Waals surface area (Å²) in [5, 5.41) is 0.936. The van der Waals surface area contributed by atoms with Crippen molar-refractivity contribution in [3.63, 3.8) is 0 Å². The van der Waals surface area contributed by atoms with E-state index in [-0.39, 0.29) is 5.91 Å². The second kappa shape index (κ2) is 9.40. The van der Waals surface area contributed by atoms with Gasteiger partial charge in [-0.15, -0.1) is 0 Å². The number of amides is 1. The third-order valence-electron chi connectivity index (χ3n) is 6.91. The van der Waals surface area contributed by atoms with Crippen LogP contribution in [-0.4, -0.2) is 46.9 Å². The summed E-state index contributed by atoms with van der Waals surface area (Å²) >= 11 is 0. The monoisotopic (exact) mass is 449 g/mol. The van der Waals surface area contributed by atoms with Crippen molar-refractivity contribution in [2.45, 2.75) is 27.3 Å². The number of nitrogens with zero attached hydrogens (tertiary/aromatic N) is 3. The maximum Gasteiger partial charge on any atom is 0.254 e. The van der Waals surface area contributed by atoms with E-state index in [1.165, 1.54) is 16.7 Å². The summed E-state index contributed by atoms with van der Waals surface area (Å²) in [6, 6.07) is 25.0. The quantitative estimate of drug-likeness (QED) is 0.396. The van der Waals surface area contributed by atoms with Gasteiger partial charge in [-0.05, 0) is 49.6 Å². The maximum atomic E-state index is 13.9. The molecule has 4 heteroatoms. The van der Waals surface area contributed by atoms with E-state index in [9.17, 15) is 4.79 Å². The SMILES string of the molecule is Cc1ccc(C)c(-c2nc3ccccc3c(C(=O)N3CCN(Cc4ccccc4)CC3)c2C)c1. The summed E-state index contributed by atoms with van der Waals surface area (Å²) in [5.41, 5.74) is 8.31. The van der Waals surface area contributed by atoms with Crippen LogP contribution < -0.4 is 0 Å². The number of carbonyl (C=O) groups excluding carboxylic acids is 1. The van der Waals surface area contributed by atoms with Gasteiger partial charge < -0.3 is 4.90 Å². The lowest BCUT2D eigenvalue weighted by Gasteiger charge is -2.35. The Balaban J connectivity index is 1.47. The highest BCUT2D eigenvalue weighted by Crippen LogP contribution is 2.33. The van der Waals surface area contributed by atoms with Crippen LogP contribution in [0.15, 0.2) is 72.8 Å². The van der Waals surface area contributed by atoms with E-state index in [1.807, 2.05) is 35.2 Å². The number of fused-ring (bicyclic) bond motifs is 1. The molecule has 0 atom stereocenters. The van der Waals surface area contributed by atoms with E-state index in [1.54, 1.807) is 0 Å². The molecule has 1 aromatic heterocycles. The summed E-state index contributed by atoms with van der Waals surface area (Å²) in [7, 11) is 0. The number of benzene rings is 3. The van der Waals surface area contributed by atoms with Gasteiger partial charge >= 0.3 is 0 Å². The first-order valence-electron chi connectivity index (χ1n) is 12.0. The molecule has 0 unspecified atom stereocenters. The molecule has 0 radical (unpaired) electrons. The van der Waals surface area contributed by atoms with Crippen LogP contribution >= 0.6 is 0 Å². The fourth-order valence-electron chi connectivity index (χ4n) is 4.94. The molecule has 34 heavy (non-hydrogen) atoms. The van der Waals surface area contributed by atoms with Gasteiger partial charge in [0, 0.05) is 43.7 Å². The first kappa shape index (κ1) is 22.3. The van der Waals surface area contributed by atoms with Gasteiger partial charge in [0.2, 0.25) is 0 Å². The molecule has 3 aromatic carbocycles. The second-order valence-corrected chi connectivity index (χ2v) is 9.35. The highest BCUT2D eigenvalue weighted by atomic mass is 16.2. The molecule has 5 rings (SSSR count). The lowest BCUT2D eigenvalue weighted by molar-refractivity contribution is 0.0629. The zero-order valence-corrected chi connectivity index (χ0v) is 20.2. The number of rotatable bonds is 4. The Morgan fingerprint density at radius 3 is 2.32 bits per heavy atom. The molecular weight excluding hydrogens is 418 g/mol. The van der Waals surface area contributed by atoms with E-state index in [0.29, 0.717) is 0 Å². The van der Waals surface area contributed by atoms with Gasteiger partial charge in [0.15, 0.2) is 0 Å². The summed E-state index contributed by atoms with van der Waals surface area (Å²) in [6.07, 6.45) is 0. The third kappa shape index (κ3) is 4.34. The van der Waals surface area contributed by atoms with Crippen LogP contribution in [0.25, 0.3) is 22.2 Å². The molecule has 0 N–H and O–H groups in total. The van der Waals surface area contributed by atoms with Crippen LogP contribution in [0, 0.1) is 20.8 Å². The average molecular weight is 450 g/mol. The van der Waals surface area contributed by atoms with Crippen molar-refractivity contribution >= 4 is 16.8 Å². The molecule has 2 heterocycles. The molecule has 0 spiro atoms. The second-order valence-electron chi connectivity index (χ2n) is 9.35. The first-order chi connectivity index (χ1) is 16.5. The molecule has 4 aromatic rings. The Morgan fingerprint density at radius 1 is 0.853 bits per heavy atom. The largest absolute Gasteiger partial charge is 0.336 e. The zero-order valence-electron chi connectivity index (χ0n) is 20.2. The Bertz CT molecular complexity index is 1340. The maximum absolute atomic E-state index is 13.9. The van der Waals surface area contributed by atoms with Crippen LogP contribution in [0.5, 0.6) is 0 Å². The molecule has 1 aliphatic rings. The molecule has 1 fully saturated rings. The average Bonchev–Trinajstić information content (AvgIpc) is 2.86. The Kier molecular flexibility index (Phi) is 6.16. The van der Waals surface area contributed by atoms with Gasteiger partial charge in [-0.2, -0.15) is 0 Å². The number of hydrogen-bond donors (Lipinski definition) is 0. The van der Waals surface area contributed by atoms with Crippen molar-refractivity contribution in [2.24, 2.45) is 0 Å². The predicted octanol–water partition coefficient (Wildman–Crippen LogP) is 5.79. The lowest BCUT2D eigenvalue weighted by Crippen LogP contribution is -2.48. The number of pyridine rings is 1. The van der Waals surface area contributed by atoms with Gasteiger partial charge in [-0.3, -0.25) is 9.69 Å². The van der Waals surface area contributed by atoms with Gasteiger partial charge in [-0.25, -0.2) is 4.98 Å². The van der Waals surface area contributed by atoms with Gasteiger partial charge in [0.1, 0.15) is 0 Å². The van der Waals surface area contributed by atoms with Crippen LogP contribution in [0.2, 0.25) is 0 Å². The Labute approximate surface area is 201 Å². The van der Waals surface area contributed by atoms with Crippen LogP contribution in [-0.2, 0) is 6.54 Å². The van der Waals surface area contributed by atoms with Crippen molar-refractivity contribution < 1.29 is 4.79 Å². The van der Waals surface area contributed by atoms with E-state index in [2.05, 4.69) is 68.1 Å². The van der Waals surface area contributed by atoms with Crippen molar-refractivity contribution in [1.29, 1.82) is 0 Å². The molecule has 1 aliphatic heterocycles. The van der Waals surface area contributed by atoms with E-state index in [4.69, 9.17) is 4.98 Å². The predicted molar refractivity (Wildman–Crippen MR) is 139 cm³/mol. The summed E-state index contributed by atoms with van der Waals surface area (Å²) in [6.45, 7) is 10.4. The van der Waals surface area contributed by atoms with Crippen molar-refractivity contribution in [3.05, 3.63) is 101 Å². The van der Waals surface area contributed by atoms with E-state index in [0.717, 1.165) is 66.0 Å². The highest BCUT2D eigenvalue weighted by Gasteiger charge is 2.26. The van der Waals surface area contributed by atoms with Crippen LogP contribution in [0.3, 0.4) is 0 Å². The lowest BCUT2D eigenvalue weighted by atomic mass is 9.94. The molecular formula is C30H31N3O. The number of piperazine rings is 1. The number of carbonyl (C=O) groups is 1. The Hall–Kier alpha value is -3.50. The molecule has 0 saturated carbocycles. The number of para-hydroxylation sites is 1. The van der Waals surface area contributed by atoms with Crippen LogP contribution in [0.1, 0.15) is 32.6 Å². The molecule has 0 bridgehead atoms.